The van der Waals surface area contributed by atoms with Gasteiger partial charge in [0, 0.05) is 23.7 Å². The highest BCUT2D eigenvalue weighted by Crippen LogP contribution is 2.36. The zero-order chi connectivity index (χ0) is 23.7. The van der Waals surface area contributed by atoms with Crippen molar-refractivity contribution in [3.05, 3.63) is 42.7 Å². The number of carbonyl (C=O) groups is 1. The first-order chi connectivity index (χ1) is 16.2. The summed E-state index contributed by atoms with van der Waals surface area (Å²) in [7, 11) is 0. The number of rotatable bonds is 17. The van der Waals surface area contributed by atoms with Gasteiger partial charge in [-0.05, 0) is 30.9 Å². The molecule has 1 aromatic carbocycles. The van der Waals surface area contributed by atoms with E-state index in [1.54, 1.807) is 12.4 Å². The molecule has 33 heavy (non-hydrogen) atoms. The van der Waals surface area contributed by atoms with E-state index in [0.29, 0.717) is 24.7 Å². The van der Waals surface area contributed by atoms with Gasteiger partial charge < -0.3 is 9.47 Å². The molecule has 0 bridgehead atoms. The fourth-order valence-corrected chi connectivity index (χ4v) is 3.88. The van der Waals surface area contributed by atoms with E-state index in [0.717, 1.165) is 42.6 Å². The Labute approximate surface area is 201 Å². The van der Waals surface area contributed by atoms with Crippen molar-refractivity contribution in [2.24, 2.45) is 5.92 Å². The van der Waals surface area contributed by atoms with Crippen LogP contribution in [0.15, 0.2) is 42.7 Å². The third-order valence-corrected chi connectivity index (χ3v) is 6.22. The Morgan fingerprint density at radius 3 is 2.39 bits per heavy atom. The van der Waals surface area contributed by atoms with Crippen LogP contribution in [-0.4, -0.2) is 17.6 Å². The van der Waals surface area contributed by atoms with Gasteiger partial charge >= 0.3 is 5.97 Å². The average Bonchev–Trinajstić information content (AvgIpc) is 2.84. The fourth-order valence-electron chi connectivity index (χ4n) is 3.88. The number of hydrogen-bond donors (Lipinski definition) is 0. The number of benzene rings is 1. The van der Waals surface area contributed by atoms with Gasteiger partial charge in [-0.2, -0.15) is 0 Å². The number of unbranched alkanes of at least 4 members (excludes halogenated alkanes) is 7. The van der Waals surface area contributed by atoms with Gasteiger partial charge in [-0.1, -0.05) is 96.8 Å². The molecule has 0 saturated carbocycles. The third-order valence-electron chi connectivity index (χ3n) is 6.22. The number of nitrogens with zero attached hydrogens (tertiary/aromatic N) is 1. The number of pyridine rings is 1. The summed E-state index contributed by atoms with van der Waals surface area (Å²) in [5.74, 6) is 1.86. The second kappa shape index (κ2) is 16.3. The molecule has 0 radical (unpaired) electrons. The first-order valence-electron chi connectivity index (χ1n) is 13.0. The second-order valence-electron chi connectivity index (χ2n) is 9.07. The molecule has 0 aliphatic heterocycles. The van der Waals surface area contributed by atoms with Crippen LogP contribution in [0, 0.1) is 5.92 Å². The Bertz CT molecular complexity index is 805. The summed E-state index contributed by atoms with van der Waals surface area (Å²) < 4.78 is 11.9. The minimum atomic E-state index is -0.175. The molecular weight excluding hydrogens is 410 g/mol. The summed E-state index contributed by atoms with van der Waals surface area (Å²) in [6.07, 6.45) is 17.0. The highest BCUT2D eigenvalue weighted by Gasteiger charge is 2.14. The van der Waals surface area contributed by atoms with Gasteiger partial charge in [0.15, 0.2) is 0 Å². The molecule has 0 aliphatic carbocycles. The zero-order valence-corrected chi connectivity index (χ0v) is 21.0. The molecule has 0 spiro atoms. The quantitative estimate of drug-likeness (QED) is 0.137. The minimum Gasteiger partial charge on any atom is -0.491 e. The predicted molar refractivity (Wildman–Crippen MR) is 137 cm³/mol. The maximum absolute atomic E-state index is 12.5. The van der Waals surface area contributed by atoms with Gasteiger partial charge in [0.1, 0.15) is 11.5 Å². The van der Waals surface area contributed by atoms with E-state index >= 15 is 0 Å². The number of hydrogen-bond acceptors (Lipinski definition) is 4. The van der Waals surface area contributed by atoms with Crippen LogP contribution in [0.2, 0.25) is 0 Å². The SMILES string of the molecule is CCCCCCCCCOc1cnccc1-c1ccccc1OC(=O)CCCCC(C)CC. The van der Waals surface area contributed by atoms with E-state index in [9.17, 15) is 4.79 Å². The van der Waals surface area contributed by atoms with Crippen molar-refractivity contribution in [1.82, 2.24) is 4.98 Å². The smallest absolute Gasteiger partial charge is 0.311 e. The molecule has 0 saturated heterocycles. The molecule has 4 heteroatoms. The van der Waals surface area contributed by atoms with Crippen LogP contribution in [0.5, 0.6) is 11.5 Å². The van der Waals surface area contributed by atoms with Crippen molar-refractivity contribution in [3.8, 4) is 22.6 Å². The first-order valence-corrected chi connectivity index (χ1v) is 13.0. The average molecular weight is 454 g/mol. The van der Waals surface area contributed by atoms with Crippen LogP contribution in [0.25, 0.3) is 11.1 Å². The van der Waals surface area contributed by atoms with Crippen LogP contribution in [0.1, 0.15) is 97.8 Å². The van der Waals surface area contributed by atoms with E-state index in [1.807, 2.05) is 30.3 Å². The summed E-state index contributed by atoms with van der Waals surface area (Å²) in [6.45, 7) is 7.39. The van der Waals surface area contributed by atoms with E-state index in [2.05, 4.69) is 25.8 Å². The number of ether oxygens (including phenoxy) is 2. The van der Waals surface area contributed by atoms with E-state index in [-0.39, 0.29) is 5.97 Å². The molecule has 1 atom stereocenters. The Hall–Kier alpha value is -2.36. The van der Waals surface area contributed by atoms with Gasteiger partial charge in [-0.15, -0.1) is 0 Å². The topological polar surface area (TPSA) is 48.4 Å². The number of para-hydroxylation sites is 1. The van der Waals surface area contributed by atoms with Gasteiger partial charge in [0.05, 0.1) is 12.8 Å². The molecule has 2 rings (SSSR count). The third kappa shape index (κ3) is 10.4. The lowest BCUT2D eigenvalue weighted by atomic mass is 10.0. The van der Waals surface area contributed by atoms with Gasteiger partial charge in [-0.3, -0.25) is 9.78 Å². The van der Waals surface area contributed by atoms with Crippen molar-refractivity contribution in [2.45, 2.75) is 97.8 Å². The molecule has 1 heterocycles. The van der Waals surface area contributed by atoms with Crippen molar-refractivity contribution >= 4 is 5.97 Å². The van der Waals surface area contributed by atoms with E-state index in [4.69, 9.17) is 9.47 Å². The monoisotopic (exact) mass is 453 g/mol. The lowest BCUT2D eigenvalue weighted by molar-refractivity contribution is -0.134. The molecule has 2 aromatic rings. The molecule has 0 fully saturated rings. The molecule has 1 aromatic heterocycles. The molecule has 0 N–H and O–H groups in total. The van der Waals surface area contributed by atoms with Crippen LogP contribution in [0.3, 0.4) is 0 Å². The molecule has 0 amide bonds. The van der Waals surface area contributed by atoms with Crippen LogP contribution < -0.4 is 9.47 Å². The van der Waals surface area contributed by atoms with Crippen molar-refractivity contribution in [1.29, 1.82) is 0 Å². The summed E-state index contributed by atoms with van der Waals surface area (Å²) in [6, 6.07) is 9.61. The Morgan fingerprint density at radius 1 is 0.879 bits per heavy atom. The first kappa shape index (κ1) is 26.9. The maximum Gasteiger partial charge on any atom is 0.311 e. The van der Waals surface area contributed by atoms with Crippen LogP contribution in [-0.2, 0) is 4.79 Å². The summed E-state index contributed by atoms with van der Waals surface area (Å²) >= 11 is 0. The Morgan fingerprint density at radius 2 is 1.61 bits per heavy atom. The Balaban J connectivity index is 1.90. The van der Waals surface area contributed by atoms with Crippen LogP contribution in [0.4, 0.5) is 0 Å². The second-order valence-corrected chi connectivity index (χ2v) is 9.07. The number of esters is 1. The Kier molecular flexibility index (Phi) is 13.3. The molecule has 0 aliphatic rings. The summed E-state index contributed by atoms with van der Waals surface area (Å²) in [4.78, 5) is 16.7. The van der Waals surface area contributed by atoms with Gasteiger partial charge in [-0.25, -0.2) is 0 Å². The van der Waals surface area contributed by atoms with Crippen molar-refractivity contribution in [2.75, 3.05) is 6.61 Å². The highest BCUT2D eigenvalue weighted by atomic mass is 16.5. The maximum atomic E-state index is 12.5. The van der Waals surface area contributed by atoms with Crippen molar-refractivity contribution in [3.63, 3.8) is 0 Å². The zero-order valence-electron chi connectivity index (χ0n) is 21.0. The minimum absolute atomic E-state index is 0.175. The lowest BCUT2D eigenvalue weighted by Gasteiger charge is -2.14. The lowest BCUT2D eigenvalue weighted by Crippen LogP contribution is -2.09. The summed E-state index contributed by atoms with van der Waals surface area (Å²) in [5.41, 5.74) is 1.77. The van der Waals surface area contributed by atoms with Gasteiger partial charge in [0.25, 0.3) is 0 Å². The van der Waals surface area contributed by atoms with E-state index < -0.39 is 0 Å². The highest BCUT2D eigenvalue weighted by molar-refractivity contribution is 5.80. The molecule has 4 nitrogen and oxygen atoms in total. The molecule has 1 unspecified atom stereocenters. The van der Waals surface area contributed by atoms with Gasteiger partial charge in [0.2, 0.25) is 0 Å². The normalized spacial score (nSPS) is 11.8. The van der Waals surface area contributed by atoms with Crippen LogP contribution >= 0.6 is 0 Å². The number of carbonyl (C=O) groups excluding carboxylic acids is 1. The van der Waals surface area contributed by atoms with Crippen molar-refractivity contribution < 1.29 is 14.3 Å². The molecule has 182 valence electrons. The van der Waals surface area contributed by atoms with E-state index in [1.165, 1.54) is 44.9 Å². The predicted octanol–water partition coefficient (Wildman–Crippen LogP) is 8.39. The number of aromatic nitrogens is 1. The molecular formula is C29H43NO3. The standard InChI is InChI=1S/C29H43NO3/c1-4-6-7-8-9-10-15-22-32-28-23-30-21-20-26(28)25-17-12-13-18-27(25)33-29(31)19-14-11-16-24(3)5-2/h12-13,17-18,20-21,23-24H,4-11,14-16,19,22H2,1-3H3. The largest absolute Gasteiger partial charge is 0.491 e. The summed E-state index contributed by atoms with van der Waals surface area (Å²) in [5, 5.41) is 0. The fraction of sp³-hybridized carbons (Fsp3) is 0.586.